The number of nitrogens with one attached hydrogen (secondary N) is 1. The van der Waals surface area contributed by atoms with Crippen molar-refractivity contribution in [3.8, 4) is 28.4 Å². The Hall–Kier alpha value is -3.55. The summed E-state index contributed by atoms with van der Waals surface area (Å²) in [4.78, 5) is 11.7. The van der Waals surface area contributed by atoms with Crippen molar-refractivity contribution in [3.63, 3.8) is 0 Å². The van der Waals surface area contributed by atoms with Gasteiger partial charge in [-0.3, -0.25) is 4.79 Å². The average Bonchev–Trinajstić information content (AvgIpc) is 2.83. The van der Waals surface area contributed by atoms with E-state index in [-0.39, 0.29) is 36.9 Å². The molecule has 1 aliphatic rings. The van der Waals surface area contributed by atoms with Crippen molar-refractivity contribution in [1.82, 2.24) is 0 Å². The molecule has 0 saturated heterocycles. The number of aryl methyl sites for hydroxylation is 1. The second-order valence-electron chi connectivity index (χ2n) is 9.43. The molecule has 0 aliphatic carbocycles. The second-order valence-corrected chi connectivity index (χ2v) is 9.43. The number of rotatable bonds is 7. The van der Waals surface area contributed by atoms with Gasteiger partial charge in [0.2, 0.25) is 0 Å². The molecule has 0 amide bonds. The third-order valence-corrected chi connectivity index (χ3v) is 6.13. The number of benzene rings is 3. The summed E-state index contributed by atoms with van der Waals surface area (Å²) in [5.74, 6) is 0.477. The lowest BCUT2D eigenvalue weighted by Crippen LogP contribution is -2.32. The number of esters is 1. The fourth-order valence-corrected chi connectivity index (χ4v) is 4.61. The number of methoxy groups -OCH3 is 1. The number of fused-ring (bicyclic) bond motifs is 1. The van der Waals surface area contributed by atoms with E-state index in [1.807, 2.05) is 25.1 Å². The zero-order valence-electron chi connectivity index (χ0n) is 21.6. The Kier molecular flexibility index (Phi) is 8.51. The Labute approximate surface area is 223 Å². The summed E-state index contributed by atoms with van der Waals surface area (Å²) in [6.45, 7) is 8.19. The lowest BCUT2D eigenvalue weighted by Gasteiger charge is -2.33. The molecule has 37 heavy (non-hydrogen) atoms. The summed E-state index contributed by atoms with van der Waals surface area (Å²) in [5.41, 5.74) is 11.8. The van der Waals surface area contributed by atoms with E-state index in [2.05, 4.69) is 32.2 Å². The molecule has 0 radical (unpaired) electrons. The van der Waals surface area contributed by atoms with Gasteiger partial charge < -0.3 is 25.3 Å². The van der Waals surface area contributed by atoms with Gasteiger partial charge in [0.1, 0.15) is 29.7 Å². The molecule has 0 aromatic heterocycles. The van der Waals surface area contributed by atoms with E-state index < -0.39 is 5.97 Å². The Morgan fingerprint density at radius 3 is 2.46 bits per heavy atom. The van der Waals surface area contributed by atoms with Crippen LogP contribution >= 0.6 is 12.4 Å². The SMILES string of the molecule is COc1cc(OC(=O)CN)ccc1-c1ccc2c(c1COc1cc(F)ccc1C)C(C)=CC(C)(C)N2.Cl. The standard InChI is InChI=1S/C29H31FN2O4.ClH/c1-17-6-7-19(30)12-25(17)35-16-23-21(10-11-24-28(23)18(2)14-29(3,4)32-24)22-9-8-20(13-26(22)34-5)36-27(33)15-31;/h6-14,32H,15-16,31H2,1-5H3;1H. The molecule has 0 spiro atoms. The molecule has 3 N–H and O–H groups in total. The summed E-state index contributed by atoms with van der Waals surface area (Å²) in [6.07, 6.45) is 2.18. The van der Waals surface area contributed by atoms with Crippen molar-refractivity contribution in [2.45, 2.75) is 39.8 Å². The van der Waals surface area contributed by atoms with Crippen molar-refractivity contribution in [1.29, 1.82) is 0 Å². The molecule has 196 valence electrons. The first kappa shape index (κ1) is 28.0. The number of carbonyl (C=O) groups is 1. The molecule has 3 aromatic carbocycles. The van der Waals surface area contributed by atoms with Crippen LogP contribution in [0.25, 0.3) is 16.7 Å². The average molecular weight is 527 g/mol. The number of carbonyl (C=O) groups excluding carboxylic acids is 1. The first-order chi connectivity index (χ1) is 17.1. The molecular formula is C29H32ClFN2O4. The third kappa shape index (κ3) is 6.06. The first-order valence-corrected chi connectivity index (χ1v) is 11.7. The van der Waals surface area contributed by atoms with E-state index in [1.54, 1.807) is 25.3 Å². The fourth-order valence-electron chi connectivity index (χ4n) is 4.61. The van der Waals surface area contributed by atoms with E-state index in [0.29, 0.717) is 17.2 Å². The van der Waals surface area contributed by atoms with Crippen molar-refractivity contribution in [2.24, 2.45) is 5.73 Å². The van der Waals surface area contributed by atoms with E-state index in [4.69, 9.17) is 19.9 Å². The summed E-state index contributed by atoms with van der Waals surface area (Å²) >= 11 is 0. The zero-order chi connectivity index (χ0) is 26.0. The van der Waals surface area contributed by atoms with Gasteiger partial charge in [0, 0.05) is 34.5 Å². The van der Waals surface area contributed by atoms with Gasteiger partial charge in [0.05, 0.1) is 19.2 Å². The number of nitrogens with two attached hydrogens (primary N) is 1. The van der Waals surface area contributed by atoms with Crippen LogP contribution < -0.4 is 25.3 Å². The quantitative estimate of drug-likeness (QED) is 0.278. The third-order valence-electron chi connectivity index (χ3n) is 6.13. The maximum absolute atomic E-state index is 13.9. The minimum atomic E-state index is -0.535. The summed E-state index contributed by atoms with van der Waals surface area (Å²) in [7, 11) is 1.56. The molecule has 8 heteroatoms. The maximum Gasteiger partial charge on any atom is 0.325 e. The van der Waals surface area contributed by atoms with Crippen molar-refractivity contribution < 1.29 is 23.4 Å². The molecule has 6 nitrogen and oxygen atoms in total. The largest absolute Gasteiger partial charge is 0.496 e. The molecule has 1 heterocycles. The molecule has 1 aliphatic heterocycles. The molecule has 0 saturated carbocycles. The number of ether oxygens (including phenoxy) is 3. The van der Waals surface area contributed by atoms with Crippen molar-refractivity contribution in [2.75, 3.05) is 19.0 Å². The minimum Gasteiger partial charge on any atom is -0.496 e. The summed E-state index contributed by atoms with van der Waals surface area (Å²) in [5, 5.41) is 3.58. The van der Waals surface area contributed by atoms with E-state index in [0.717, 1.165) is 39.1 Å². The Bertz CT molecular complexity index is 1350. The van der Waals surface area contributed by atoms with Gasteiger partial charge in [0.15, 0.2) is 0 Å². The van der Waals surface area contributed by atoms with Gasteiger partial charge in [-0.15, -0.1) is 12.4 Å². The maximum atomic E-state index is 13.9. The van der Waals surface area contributed by atoms with Gasteiger partial charge in [0.25, 0.3) is 0 Å². The lowest BCUT2D eigenvalue weighted by atomic mass is 9.85. The number of hydrogen-bond donors (Lipinski definition) is 2. The lowest BCUT2D eigenvalue weighted by molar-refractivity contribution is -0.132. The van der Waals surface area contributed by atoms with Crippen LogP contribution in [0.4, 0.5) is 10.1 Å². The van der Waals surface area contributed by atoms with Crippen molar-refractivity contribution >= 4 is 29.6 Å². The number of anilines is 1. The van der Waals surface area contributed by atoms with Crippen LogP contribution in [0.2, 0.25) is 0 Å². The molecule has 3 aromatic rings. The number of hydrogen-bond acceptors (Lipinski definition) is 6. The highest BCUT2D eigenvalue weighted by Gasteiger charge is 2.27. The Morgan fingerprint density at radius 2 is 1.76 bits per heavy atom. The topological polar surface area (TPSA) is 82.8 Å². The molecule has 0 unspecified atom stereocenters. The van der Waals surface area contributed by atoms with Crippen LogP contribution in [-0.2, 0) is 11.4 Å². The highest BCUT2D eigenvalue weighted by atomic mass is 35.5. The van der Waals surface area contributed by atoms with Gasteiger partial charge in [-0.05, 0) is 68.7 Å². The van der Waals surface area contributed by atoms with Crippen LogP contribution in [0.15, 0.2) is 54.6 Å². The highest BCUT2D eigenvalue weighted by molar-refractivity contribution is 5.88. The summed E-state index contributed by atoms with van der Waals surface area (Å²) in [6, 6.07) is 13.8. The van der Waals surface area contributed by atoms with Crippen LogP contribution in [0.3, 0.4) is 0 Å². The highest BCUT2D eigenvalue weighted by Crippen LogP contribution is 2.43. The van der Waals surface area contributed by atoms with Gasteiger partial charge in [-0.1, -0.05) is 18.2 Å². The second kappa shape index (κ2) is 11.2. The minimum absolute atomic E-state index is 0. The van der Waals surface area contributed by atoms with E-state index >= 15 is 0 Å². The van der Waals surface area contributed by atoms with Crippen molar-refractivity contribution in [3.05, 3.63) is 77.1 Å². The van der Waals surface area contributed by atoms with Crippen LogP contribution in [-0.4, -0.2) is 25.2 Å². The normalized spacial score (nSPS) is 13.4. The molecule has 0 bridgehead atoms. The zero-order valence-corrected chi connectivity index (χ0v) is 22.4. The Morgan fingerprint density at radius 1 is 1.03 bits per heavy atom. The summed E-state index contributed by atoms with van der Waals surface area (Å²) < 4.78 is 31.0. The fraction of sp³-hybridized carbons (Fsp3) is 0.276. The molecule has 4 rings (SSSR count). The van der Waals surface area contributed by atoms with Gasteiger partial charge in [-0.25, -0.2) is 4.39 Å². The van der Waals surface area contributed by atoms with Gasteiger partial charge in [-0.2, -0.15) is 0 Å². The molecular weight excluding hydrogens is 495 g/mol. The van der Waals surface area contributed by atoms with Crippen LogP contribution in [0.5, 0.6) is 17.2 Å². The monoisotopic (exact) mass is 526 g/mol. The number of allylic oxidation sites excluding steroid dienone is 1. The molecule has 0 fully saturated rings. The number of halogens is 2. The van der Waals surface area contributed by atoms with Crippen LogP contribution in [0, 0.1) is 12.7 Å². The van der Waals surface area contributed by atoms with E-state index in [1.165, 1.54) is 12.1 Å². The van der Waals surface area contributed by atoms with Gasteiger partial charge >= 0.3 is 5.97 Å². The van der Waals surface area contributed by atoms with E-state index in [9.17, 15) is 9.18 Å². The first-order valence-electron chi connectivity index (χ1n) is 11.7. The predicted molar refractivity (Wildman–Crippen MR) is 147 cm³/mol. The van der Waals surface area contributed by atoms with Crippen LogP contribution in [0.1, 0.15) is 37.5 Å². The smallest absolute Gasteiger partial charge is 0.325 e. The predicted octanol–water partition coefficient (Wildman–Crippen LogP) is 6.28. The Balaban J connectivity index is 0.00000380. The molecule has 0 atom stereocenters.